The van der Waals surface area contributed by atoms with Crippen molar-refractivity contribution in [2.75, 3.05) is 19.3 Å². The molecule has 1 aromatic carbocycles. The van der Waals surface area contributed by atoms with Crippen LogP contribution in [0.1, 0.15) is 23.6 Å². The highest BCUT2D eigenvalue weighted by atomic mass is 32.2. The van der Waals surface area contributed by atoms with Gasteiger partial charge in [-0.1, -0.05) is 31.2 Å². The third-order valence-corrected chi connectivity index (χ3v) is 4.73. The lowest BCUT2D eigenvalue weighted by Crippen LogP contribution is -2.24. The third-order valence-electron chi connectivity index (χ3n) is 3.72. The first-order valence-electron chi connectivity index (χ1n) is 8.17. The predicted octanol–water partition coefficient (Wildman–Crippen LogP) is 3.08. The number of carbonyl (C=O) groups excluding carboxylic acids is 1. The summed E-state index contributed by atoms with van der Waals surface area (Å²) in [6.07, 6.45) is 3.55. The summed E-state index contributed by atoms with van der Waals surface area (Å²) < 4.78 is 0. The summed E-state index contributed by atoms with van der Waals surface area (Å²) in [5, 5.41) is 2.99. The number of hydrogen-bond acceptors (Lipinski definition) is 4. The minimum absolute atomic E-state index is 0.0742. The summed E-state index contributed by atoms with van der Waals surface area (Å²) in [5.41, 5.74) is 3.61. The molecule has 0 aliphatic rings. The number of aromatic nitrogens is 1. The molecule has 0 atom stereocenters. The number of pyridine rings is 1. The molecule has 1 amide bonds. The predicted molar refractivity (Wildman–Crippen MR) is 101 cm³/mol. The molecule has 0 aliphatic carbocycles. The molecule has 1 N–H and O–H groups in total. The van der Waals surface area contributed by atoms with Gasteiger partial charge < -0.3 is 10.2 Å². The van der Waals surface area contributed by atoms with E-state index in [1.54, 1.807) is 24.2 Å². The number of thioether (sulfide) groups is 1. The number of amides is 1. The molecular formula is C19H25N3OS. The van der Waals surface area contributed by atoms with Gasteiger partial charge in [0, 0.05) is 31.2 Å². The molecule has 0 saturated heterocycles. The van der Waals surface area contributed by atoms with Crippen LogP contribution in [-0.2, 0) is 23.6 Å². The molecule has 0 aliphatic heterocycles. The van der Waals surface area contributed by atoms with Gasteiger partial charge in [0.1, 0.15) is 0 Å². The van der Waals surface area contributed by atoms with Gasteiger partial charge in [0.05, 0.1) is 5.75 Å². The molecule has 4 nitrogen and oxygen atoms in total. The molecule has 1 aromatic heterocycles. The zero-order chi connectivity index (χ0) is 17.2. The van der Waals surface area contributed by atoms with Crippen LogP contribution in [0.4, 0.5) is 0 Å². The lowest BCUT2D eigenvalue weighted by molar-refractivity contribution is -0.118. The van der Waals surface area contributed by atoms with Crippen LogP contribution in [0.3, 0.4) is 0 Å². The summed E-state index contributed by atoms with van der Waals surface area (Å²) in [4.78, 5) is 18.2. The number of nitrogens with one attached hydrogen (secondary N) is 1. The fourth-order valence-electron chi connectivity index (χ4n) is 2.25. The lowest BCUT2D eigenvalue weighted by Gasteiger charge is -2.14. The van der Waals surface area contributed by atoms with E-state index in [0.717, 1.165) is 24.4 Å². The van der Waals surface area contributed by atoms with Crippen molar-refractivity contribution < 1.29 is 4.79 Å². The SMILES string of the molecule is CCN(C)Cc1cccc(CNC(=O)CSCc2ccncc2)c1. The van der Waals surface area contributed by atoms with E-state index in [0.29, 0.717) is 12.3 Å². The van der Waals surface area contributed by atoms with Crippen LogP contribution in [-0.4, -0.2) is 35.1 Å². The van der Waals surface area contributed by atoms with Crippen molar-refractivity contribution in [2.24, 2.45) is 0 Å². The summed E-state index contributed by atoms with van der Waals surface area (Å²) in [6.45, 7) is 4.68. The molecule has 2 rings (SSSR count). The van der Waals surface area contributed by atoms with Crippen LogP contribution in [0.25, 0.3) is 0 Å². The summed E-state index contributed by atoms with van der Waals surface area (Å²) in [5.74, 6) is 1.38. The molecule has 0 saturated carbocycles. The van der Waals surface area contributed by atoms with Crippen molar-refractivity contribution in [1.82, 2.24) is 15.2 Å². The molecule has 0 spiro atoms. The second-order valence-electron chi connectivity index (χ2n) is 5.78. The lowest BCUT2D eigenvalue weighted by atomic mass is 10.1. The van der Waals surface area contributed by atoms with Gasteiger partial charge in [0.25, 0.3) is 0 Å². The van der Waals surface area contributed by atoms with Crippen molar-refractivity contribution in [3.63, 3.8) is 0 Å². The van der Waals surface area contributed by atoms with E-state index in [2.05, 4.69) is 53.4 Å². The maximum atomic E-state index is 12.0. The second kappa shape index (κ2) is 10.1. The Kier molecular flexibility index (Phi) is 7.79. The van der Waals surface area contributed by atoms with Crippen molar-refractivity contribution in [1.29, 1.82) is 0 Å². The summed E-state index contributed by atoms with van der Waals surface area (Å²) in [7, 11) is 2.11. The fourth-order valence-corrected chi connectivity index (χ4v) is 3.07. The largest absolute Gasteiger partial charge is 0.351 e. The molecule has 24 heavy (non-hydrogen) atoms. The van der Waals surface area contributed by atoms with E-state index >= 15 is 0 Å². The summed E-state index contributed by atoms with van der Waals surface area (Å²) >= 11 is 1.62. The first kappa shape index (κ1) is 18.5. The van der Waals surface area contributed by atoms with Gasteiger partial charge in [0.15, 0.2) is 0 Å². The van der Waals surface area contributed by atoms with Gasteiger partial charge in [-0.25, -0.2) is 0 Å². The van der Waals surface area contributed by atoms with Crippen molar-refractivity contribution >= 4 is 17.7 Å². The Morgan fingerprint density at radius 2 is 1.92 bits per heavy atom. The average Bonchev–Trinajstić information content (AvgIpc) is 2.61. The molecule has 5 heteroatoms. The van der Waals surface area contributed by atoms with E-state index in [9.17, 15) is 4.79 Å². The number of carbonyl (C=O) groups is 1. The van der Waals surface area contributed by atoms with Crippen molar-refractivity contribution in [2.45, 2.75) is 25.8 Å². The van der Waals surface area contributed by atoms with Gasteiger partial charge in [-0.3, -0.25) is 9.78 Å². The van der Waals surface area contributed by atoms with Crippen LogP contribution in [0.15, 0.2) is 48.8 Å². The summed E-state index contributed by atoms with van der Waals surface area (Å²) in [6, 6.07) is 12.4. The van der Waals surface area contributed by atoms with Crippen LogP contribution in [0.5, 0.6) is 0 Å². The normalized spacial score (nSPS) is 10.8. The number of benzene rings is 1. The molecule has 0 fully saturated rings. The Morgan fingerprint density at radius 1 is 1.17 bits per heavy atom. The van der Waals surface area contributed by atoms with E-state index < -0.39 is 0 Å². The zero-order valence-corrected chi connectivity index (χ0v) is 15.2. The first-order chi connectivity index (χ1) is 11.7. The van der Waals surface area contributed by atoms with Crippen LogP contribution < -0.4 is 5.32 Å². The van der Waals surface area contributed by atoms with Crippen LogP contribution in [0, 0.1) is 0 Å². The van der Waals surface area contributed by atoms with Crippen LogP contribution in [0.2, 0.25) is 0 Å². The van der Waals surface area contributed by atoms with E-state index in [4.69, 9.17) is 0 Å². The molecule has 128 valence electrons. The highest BCUT2D eigenvalue weighted by molar-refractivity contribution is 7.99. The Morgan fingerprint density at radius 3 is 2.67 bits per heavy atom. The highest BCUT2D eigenvalue weighted by Gasteiger charge is 2.04. The average molecular weight is 343 g/mol. The molecule has 1 heterocycles. The molecular weight excluding hydrogens is 318 g/mol. The smallest absolute Gasteiger partial charge is 0.230 e. The third kappa shape index (κ3) is 6.72. The minimum Gasteiger partial charge on any atom is -0.351 e. The Balaban J connectivity index is 1.72. The van der Waals surface area contributed by atoms with Gasteiger partial charge >= 0.3 is 0 Å². The first-order valence-corrected chi connectivity index (χ1v) is 9.32. The molecule has 0 radical (unpaired) electrons. The maximum Gasteiger partial charge on any atom is 0.230 e. The molecule has 0 bridgehead atoms. The monoisotopic (exact) mass is 343 g/mol. The molecule has 0 unspecified atom stereocenters. The highest BCUT2D eigenvalue weighted by Crippen LogP contribution is 2.11. The maximum absolute atomic E-state index is 12.0. The Bertz CT molecular complexity index is 634. The number of rotatable bonds is 9. The van der Waals surface area contributed by atoms with Gasteiger partial charge in [0.2, 0.25) is 5.91 Å². The molecule has 2 aromatic rings. The Labute approximate surface area is 148 Å². The number of nitrogens with zero attached hydrogens (tertiary/aromatic N) is 2. The zero-order valence-electron chi connectivity index (χ0n) is 14.4. The Hall–Kier alpha value is -1.85. The quantitative estimate of drug-likeness (QED) is 0.760. The van der Waals surface area contributed by atoms with Crippen LogP contribution >= 0.6 is 11.8 Å². The van der Waals surface area contributed by atoms with Gasteiger partial charge in [-0.15, -0.1) is 11.8 Å². The second-order valence-corrected chi connectivity index (χ2v) is 6.76. The van der Waals surface area contributed by atoms with Crippen molar-refractivity contribution in [3.05, 3.63) is 65.5 Å². The number of hydrogen-bond donors (Lipinski definition) is 1. The van der Waals surface area contributed by atoms with E-state index in [1.807, 2.05) is 12.1 Å². The topological polar surface area (TPSA) is 45.2 Å². The van der Waals surface area contributed by atoms with Gasteiger partial charge in [-0.05, 0) is 42.4 Å². The fraction of sp³-hybridized carbons (Fsp3) is 0.368. The van der Waals surface area contributed by atoms with E-state index in [-0.39, 0.29) is 5.91 Å². The van der Waals surface area contributed by atoms with Gasteiger partial charge in [-0.2, -0.15) is 0 Å². The van der Waals surface area contributed by atoms with Crippen molar-refractivity contribution in [3.8, 4) is 0 Å². The van der Waals surface area contributed by atoms with E-state index in [1.165, 1.54) is 11.1 Å². The minimum atomic E-state index is 0.0742. The standard InChI is InChI=1S/C19H25N3OS/c1-3-22(2)13-18-6-4-5-17(11-18)12-21-19(23)15-24-14-16-7-9-20-10-8-16/h4-11H,3,12-15H2,1-2H3,(H,21,23).